The van der Waals surface area contributed by atoms with Crippen molar-refractivity contribution in [2.24, 2.45) is 0 Å². The summed E-state index contributed by atoms with van der Waals surface area (Å²) in [6, 6.07) is 11.5. The number of hydrogen-bond acceptors (Lipinski definition) is 5. The number of hydrogen-bond donors (Lipinski definition) is 1. The van der Waals surface area contributed by atoms with Crippen molar-refractivity contribution in [1.82, 2.24) is 15.0 Å². The highest BCUT2D eigenvalue weighted by Crippen LogP contribution is 2.40. The summed E-state index contributed by atoms with van der Waals surface area (Å²) in [5, 5.41) is 14.3. The first-order valence-electron chi connectivity index (χ1n) is 8.92. The van der Waals surface area contributed by atoms with Crippen LogP contribution >= 0.6 is 0 Å². The molecule has 0 unspecified atom stereocenters. The van der Waals surface area contributed by atoms with Gasteiger partial charge in [0.2, 0.25) is 0 Å². The average Bonchev–Trinajstić information content (AvgIpc) is 3.39. The molecule has 2 aliphatic rings. The van der Waals surface area contributed by atoms with Gasteiger partial charge in [-0.2, -0.15) is 0 Å². The Balaban J connectivity index is 1.29. The first kappa shape index (κ1) is 16.3. The lowest BCUT2D eigenvalue weighted by atomic mass is 10.1. The molecule has 1 N–H and O–H groups in total. The van der Waals surface area contributed by atoms with E-state index < -0.39 is 6.10 Å². The molecule has 0 spiro atoms. The van der Waals surface area contributed by atoms with Gasteiger partial charge in [0.15, 0.2) is 5.69 Å². The Bertz CT molecular complexity index is 719. The van der Waals surface area contributed by atoms with Crippen LogP contribution < -0.4 is 0 Å². The molecule has 25 heavy (non-hydrogen) atoms. The van der Waals surface area contributed by atoms with Gasteiger partial charge in [0, 0.05) is 44.7 Å². The van der Waals surface area contributed by atoms with Crippen molar-refractivity contribution >= 4 is 5.91 Å². The molecular formula is C19H23N3O3. The summed E-state index contributed by atoms with van der Waals surface area (Å²) in [6.45, 7) is 3.38. The Kier molecular flexibility index (Phi) is 4.55. The molecule has 2 heterocycles. The minimum atomic E-state index is -0.500. The van der Waals surface area contributed by atoms with Gasteiger partial charge in [-0.05, 0) is 18.4 Å². The van der Waals surface area contributed by atoms with E-state index in [0.29, 0.717) is 31.2 Å². The monoisotopic (exact) mass is 341 g/mol. The third kappa shape index (κ3) is 3.75. The first-order valence-corrected chi connectivity index (χ1v) is 8.92. The maximum absolute atomic E-state index is 12.5. The third-order valence-corrected chi connectivity index (χ3v) is 5.00. The zero-order chi connectivity index (χ0) is 17.2. The molecule has 6 heteroatoms. The fourth-order valence-corrected chi connectivity index (χ4v) is 3.27. The Hall–Kier alpha value is -2.18. The number of benzene rings is 1. The highest BCUT2D eigenvalue weighted by atomic mass is 16.5. The van der Waals surface area contributed by atoms with Crippen LogP contribution in [-0.2, 0) is 0 Å². The summed E-state index contributed by atoms with van der Waals surface area (Å²) < 4.78 is 5.28. The van der Waals surface area contributed by atoms with E-state index in [1.54, 1.807) is 6.07 Å². The molecule has 2 aromatic rings. The lowest BCUT2D eigenvalue weighted by Gasteiger charge is -2.35. The van der Waals surface area contributed by atoms with Gasteiger partial charge in [-0.25, -0.2) is 0 Å². The zero-order valence-corrected chi connectivity index (χ0v) is 14.2. The van der Waals surface area contributed by atoms with Crippen molar-refractivity contribution in [3.8, 4) is 0 Å². The molecule has 1 saturated carbocycles. The summed E-state index contributed by atoms with van der Waals surface area (Å²) in [4.78, 5) is 16.6. The van der Waals surface area contributed by atoms with E-state index in [0.717, 1.165) is 37.3 Å². The smallest absolute Gasteiger partial charge is 0.276 e. The molecule has 1 amide bonds. The molecule has 1 aliphatic carbocycles. The molecule has 4 rings (SSSR count). The van der Waals surface area contributed by atoms with Gasteiger partial charge >= 0.3 is 0 Å². The third-order valence-electron chi connectivity index (χ3n) is 5.00. The second-order valence-corrected chi connectivity index (χ2v) is 6.91. The molecule has 132 valence electrons. The van der Waals surface area contributed by atoms with E-state index in [4.69, 9.17) is 4.52 Å². The molecule has 1 atom stereocenters. The van der Waals surface area contributed by atoms with Crippen LogP contribution in [-0.4, -0.2) is 58.7 Å². The zero-order valence-electron chi connectivity index (χ0n) is 14.2. The fourth-order valence-electron chi connectivity index (χ4n) is 3.27. The second kappa shape index (κ2) is 6.98. The predicted molar refractivity (Wildman–Crippen MR) is 92.2 cm³/mol. The highest BCUT2D eigenvalue weighted by molar-refractivity contribution is 5.92. The standard InChI is InChI=1S/C19H23N3O3/c23-17(14-4-2-1-3-5-14)13-21-8-10-22(11-9-21)19(24)16-12-18(25-20-16)15-6-7-15/h1-5,12,15,17,23H,6-11,13H2/t17-/m0/s1. The van der Waals surface area contributed by atoms with Gasteiger partial charge in [0.25, 0.3) is 5.91 Å². The Labute approximate surface area is 147 Å². The summed E-state index contributed by atoms with van der Waals surface area (Å²) in [6.07, 6.45) is 1.76. The molecule has 0 radical (unpaired) electrons. The molecular weight excluding hydrogens is 318 g/mol. The van der Waals surface area contributed by atoms with Gasteiger partial charge in [-0.1, -0.05) is 35.5 Å². The van der Waals surface area contributed by atoms with E-state index in [2.05, 4.69) is 10.1 Å². The van der Waals surface area contributed by atoms with E-state index in [9.17, 15) is 9.90 Å². The Morgan fingerprint density at radius 1 is 1.20 bits per heavy atom. The maximum atomic E-state index is 12.5. The van der Waals surface area contributed by atoms with Crippen molar-refractivity contribution in [2.45, 2.75) is 24.9 Å². The van der Waals surface area contributed by atoms with Crippen LogP contribution in [0.2, 0.25) is 0 Å². The van der Waals surface area contributed by atoms with E-state index in [-0.39, 0.29) is 5.91 Å². The largest absolute Gasteiger partial charge is 0.387 e. The molecule has 1 aromatic heterocycles. The molecule has 1 aliphatic heterocycles. The Morgan fingerprint density at radius 2 is 1.92 bits per heavy atom. The fraction of sp³-hybridized carbons (Fsp3) is 0.474. The topological polar surface area (TPSA) is 69.8 Å². The molecule has 1 saturated heterocycles. The second-order valence-electron chi connectivity index (χ2n) is 6.91. The number of aliphatic hydroxyl groups excluding tert-OH is 1. The number of rotatable bonds is 5. The SMILES string of the molecule is O=C(c1cc(C2CC2)on1)N1CCN(C[C@H](O)c2ccccc2)CC1. The highest BCUT2D eigenvalue weighted by Gasteiger charge is 2.30. The van der Waals surface area contributed by atoms with Crippen LogP contribution in [0.5, 0.6) is 0 Å². The number of carbonyl (C=O) groups excluding carboxylic acids is 1. The van der Waals surface area contributed by atoms with E-state index in [1.807, 2.05) is 35.2 Å². The number of piperazine rings is 1. The number of β-amino-alcohol motifs (C(OH)–C–C–N with tert-alkyl or cyclic N) is 1. The number of aromatic nitrogens is 1. The maximum Gasteiger partial charge on any atom is 0.276 e. The summed E-state index contributed by atoms with van der Waals surface area (Å²) in [5.74, 6) is 1.25. The van der Waals surface area contributed by atoms with Gasteiger partial charge in [-0.15, -0.1) is 0 Å². The first-order chi connectivity index (χ1) is 12.2. The normalized spacial score (nSPS) is 19.8. The van der Waals surface area contributed by atoms with Crippen LogP contribution in [0.15, 0.2) is 40.9 Å². The minimum absolute atomic E-state index is 0.0566. The van der Waals surface area contributed by atoms with Crippen molar-refractivity contribution in [2.75, 3.05) is 32.7 Å². The van der Waals surface area contributed by atoms with Gasteiger partial charge in [0.05, 0.1) is 6.10 Å². The Morgan fingerprint density at radius 3 is 2.60 bits per heavy atom. The van der Waals surface area contributed by atoms with Crippen molar-refractivity contribution in [3.63, 3.8) is 0 Å². The van der Waals surface area contributed by atoms with Gasteiger partial charge in [0.1, 0.15) is 5.76 Å². The molecule has 6 nitrogen and oxygen atoms in total. The predicted octanol–water partition coefficient (Wildman–Crippen LogP) is 2.04. The van der Waals surface area contributed by atoms with Crippen LogP contribution in [0.3, 0.4) is 0 Å². The number of aliphatic hydroxyl groups is 1. The number of nitrogens with zero attached hydrogens (tertiary/aromatic N) is 3. The average molecular weight is 341 g/mol. The molecule has 2 fully saturated rings. The molecule has 0 bridgehead atoms. The number of carbonyl (C=O) groups is 1. The van der Waals surface area contributed by atoms with E-state index >= 15 is 0 Å². The van der Waals surface area contributed by atoms with Crippen molar-refractivity contribution < 1.29 is 14.4 Å². The summed E-state index contributed by atoms with van der Waals surface area (Å²) in [5.41, 5.74) is 1.34. The summed E-state index contributed by atoms with van der Waals surface area (Å²) in [7, 11) is 0. The van der Waals surface area contributed by atoms with Gasteiger partial charge in [-0.3, -0.25) is 9.69 Å². The van der Waals surface area contributed by atoms with E-state index in [1.165, 1.54) is 0 Å². The van der Waals surface area contributed by atoms with Crippen molar-refractivity contribution in [1.29, 1.82) is 0 Å². The van der Waals surface area contributed by atoms with Gasteiger partial charge < -0.3 is 14.5 Å². The summed E-state index contributed by atoms with van der Waals surface area (Å²) >= 11 is 0. The van der Waals surface area contributed by atoms with Crippen LogP contribution in [0.4, 0.5) is 0 Å². The quantitative estimate of drug-likeness (QED) is 0.901. The lowest BCUT2D eigenvalue weighted by molar-refractivity contribution is 0.0520. The lowest BCUT2D eigenvalue weighted by Crippen LogP contribution is -2.49. The van der Waals surface area contributed by atoms with Crippen molar-refractivity contribution in [3.05, 3.63) is 53.4 Å². The number of amides is 1. The molecule has 1 aromatic carbocycles. The van der Waals surface area contributed by atoms with Crippen LogP contribution in [0, 0.1) is 0 Å². The van der Waals surface area contributed by atoms with Crippen LogP contribution in [0.1, 0.15) is 46.7 Å². The van der Waals surface area contributed by atoms with Crippen LogP contribution in [0.25, 0.3) is 0 Å². The minimum Gasteiger partial charge on any atom is -0.387 e.